The van der Waals surface area contributed by atoms with Gasteiger partial charge in [-0.05, 0) is 46.5 Å². The number of methoxy groups -OCH3 is 1. The molecule has 1 aliphatic rings. The fraction of sp³-hybridized carbons (Fsp3) is 0.900. The SMILES string of the molecule is COC(=O)C1CCCCCCC(NCCNC(=O)OC(C)(C)C)CCC1. The zero-order valence-electron chi connectivity index (χ0n) is 17.1. The van der Waals surface area contributed by atoms with E-state index in [-0.39, 0.29) is 18.0 Å². The lowest BCUT2D eigenvalue weighted by atomic mass is 9.95. The monoisotopic (exact) mass is 370 g/mol. The van der Waals surface area contributed by atoms with Gasteiger partial charge < -0.3 is 20.1 Å². The summed E-state index contributed by atoms with van der Waals surface area (Å²) in [6.07, 6.45) is 9.42. The van der Waals surface area contributed by atoms with Gasteiger partial charge in [0.05, 0.1) is 13.0 Å². The molecule has 1 saturated carbocycles. The summed E-state index contributed by atoms with van der Waals surface area (Å²) in [6.45, 7) is 6.85. The number of hydrogen-bond acceptors (Lipinski definition) is 5. The Morgan fingerprint density at radius 2 is 1.54 bits per heavy atom. The maximum Gasteiger partial charge on any atom is 0.407 e. The van der Waals surface area contributed by atoms with E-state index >= 15 is 0 Å². The lowest BCUT2D eigenvalue weighted by Crippen LogP contribution is -2.39. The number of esters is 1. The second kappa shape index (κ2) is 12.2. The largest absolute Gasteiger partial charge is 0.469 e. The molecule has 0 aromatic carbocycles. The summed E-state index contributed by atoms with van der Waals surface area (Å²) in [4.78, 5) is 23.5. The van der Waals surface area contributed by atoms with Gasteiger partial charge in [0.15, 0.2) is 0 Å². The number of hydrogen-bond donors (Lipinski definition) is 2. The predicted octanol–water partition coefficient (Wildman–Crippen LogP) is 3.78. The van der Waals surface area contributed by atoms with Gasteiger partial charge in [0.1, 0.15) is 5.60 Å². The molecule has 26 heavy (non-hydrogen) atoms. The first-order valence-corrected chi connectivity index (χ1v) is 10.1. The molecule has 1 amide bonds. The third kappa shape index (κ3) is 10.6. The fourth-order valence-corrected chi connectivity index (χ4v) is 3.40. The molecule has 0 aromatic rings. The van der Waals surface area contributed by atoms with Crippen LogP contribution in [-0.4, -0.2) is 43.9 Å². The minimum Gasteiger partial charge on any atom is -0.469 e. The van der Waals surface area contributed by atoms with Crippen molar-refractivity contribution in [3.8, 4) is 0 Å². The molecule has 0 radical (unpaired) electrons. The molecule has 0 saturated heterocycles. The number of carbonyl (C=O) groups excluding carboxylic acids is 2. The van der Waals surface area contributed by atoms with E-state index in [9.17, 15) is 9.59 Å². The van der Waals surface area contributed by atoms with Crippen LogP contribution in [0.4, 0.5) is 4.79 Å². The first kappa shape index (κ1) is 22.7. The van der Waals surface area contributed by atoms with E-state index in [2.05, 4.69) is 10.6 Å². The van der Waals surface area contributed by atoms with Crippen molar-refractivity contribution in [1.82, 2.24) is 10.6 Å². The van der Waals surface area contributed by atoms with Crippen LogP contribution in [0.3, 0.4) is 0 Å². The van der Waals surface area contributed by atoms with E-state index in [1.54, 1.807) is 0 Å². The number of carbonyl (C=O) groups is 2. The van der Waals surface area contributed by atoms with Crippen LogP contribution in [0.1, 0.15) is 78.6 Å². The molecule has 1 aliphatic carbocycles. The van der Waals surface area contributed by atoms with Crippen LogP contribution in [0, 0.1) is 5.92 Å². The minimum atomic E-state index is -0.470. The van der Waals surface area contributed by atoms with Crippen molar-refractivity contribution in [3.63, 3.8) is 0 Å². The fourth-order valence-electron chi connectivity index (χ4n) is 3.40. The molecule has 0 heterocycles. The van der Waals surface area contributed by atoms with Crippen LogP contribution >= 0.6 is 0 Å². The van der Waals surface area contributed by atoms with Gasteiger partial charge in [0, 0.05) is 19.1 Å². The van der Waals surface area contributed by atoms with Crippen LogP contribution in [0.5, 0.6) is 0 Å². The van der Waals surface area contributed by atoms with Crippen LogP contribution in [0.15, 0.2) is 0 Å². The molecule has 0 aliphatic heterocycles. The first-order valence-electron chi connectivity index (χ1n) is 10.1. The van der Waals surface area contributed by atoms with E-state index in [0.29, 0.717) is 12.6 Å². The highest BCUT2D eigenvalue weighted by atomic mass is 16.6. The van der Waals surface area contributed by atoms with Crippen LogP contribution in [-0.2, 0) is 14.3 Å². The summed E-state index contributed by atoms with van der Waals surface area (Å²) in [5.74, 6) is -0.0112. The van der Waals surface area contributed by atoms with Crippen LogP contribution in [0.25, 0.3) is 0 Å². The van der Waals surface area contributed by atoms with E-state index < -0.39 is 5.60 Å². The second-order valence-corrected chi connectivity index (χ2v) is 8.22. The number of amides is 1. The standard InChI is InChI=1S/C20H38N2O4/c1-20(2,3)26-19(24)22-15-14-21-17-12-8-6-5-7-10-16(11-9-13-17)18(23)25-4/h16-17,21H,5-15H2,1-4H3,(H,22,24). The van der Waals surface area contributed by atoms with Gasteiger partial charge in [-0.2, -0.15) is 0 Å². The highest BCUT2D eigenvalue weighted by Gasteiger charge is 2.20. The van der Waals surface area contributed by atoms with Crippen LogP contribution < -0.4 is 10.6 Å². The van der Waals surface area contributed by atoms with Gasteiger partial charge >= 0.3 is 12.1 Å². The smallest absolute Gasteiger partial charge is 0.407 e. The lowest BCUT2D eigenvalue weighted by molar-refractivity contribution is -0.146. The van der Waals surface area contributed by atoms with Crippen molar-refractivity contribution in [2.75, 3.05) is 20.2 Å². The molecule has 152 valence electrons. The molecule has 6 heteroatoms. The topological polar surface area (TPSA) is 76.7 Å². The van der Waals surface area contributed by atoms with Gasteiger partial charge in [-0.25, -0.2) is 4.79 Å². The van der Waals surface area contributed by atoms with Gasteiger partial charge in [0.2, 0.25) is 0 Å². The van der Waals surface area contributed by atoms with E-state index in [4.69, 9.17) is 9.47 Å². The van der Waals surface area contributed by atoms with Crippen molar-refractivity contribution >= 4 is 12.1 Å². The van der Waals surface area contributed by atoms with E-state index in [0.717, 1.165) is 45.1 Å². The zero-order valence-corrected chi connectivity index (χ0v) is 17.1. The molecule has 1 fully saturated rings. The molecule has 2 atom stereocenters. The van der Waals surface area contributed by atoms with Crippen molar-refractivity contribution in [3.05, 3.63) is 0 Å². The van der Waals surface area contributed by atoms with Crippen molar-refractivity contribution < 1.29 is 19.1 Å². The normalized spacial score (nSPS) is 22.8. The van der Waals surface area contributed by atoms with Crippen molar-refractivity contribution in [2.24, 2.45) is 5.92 Å². The lowest BCUT2D eigenvalue weighted by Gasteiger charge is -2.21. The zero-order chi connectivity index (χ0) is 19.4. The Morgan fingerprint density at radius 1 is 0.923 bits per heavy atom. The van der Waals surface area contributed by atoms with Gasteiger partial charge in [-0.1, -0.05) is 32.1 Å². The highest BCUT2D eigenvalue weighted by Crippen LogP contribution is 2.22. The van der Waals surface area contributed by atoms with Gasteiger partial charge in [-0.15, -0.1) is 0 Å². The van der Waals surface area contributed by atoms with Gasteiger partial charge in [0.25, 0.3) is 0 Å². The highest BCUT2D eigenvalue weighted by molar-refractivity contribution is 5.72. The Labute approximate surface area is 158 Å². The number of ether oxygens (including phenoxy) is 2. The average molecular weight is 371 g/mol. The number of rotatable bonds is 5. The molecule has 1 rings (SSSR count). The first-order chi connectivity index (χ1) is 12.3. The quantitative estimate of drug-likeness (QED) is 0.569. The second-order valence-electron chi connectivity index (χ2n) is 8.22. The number of alkyl carbamates (subject to hydrolysis) is 1. The summed E-state index contributed by atoms with van der Waals surface area (Å²) < 4.78 is 10.2. The molecule has 0 spiro atoms. The maximum absolute atomic E-state index is 11.9. The molecule has 2 N–H and O–H groups in total. The van der Waals surface area contributed by atoms with E-state index in [1.165, 1.54) is 26.4 Å². The Morgan fingerprint density at radius 3 is 2.19 bits per heavy atom. The summed E-state index contributed by atoms with van der Waals surface area (Å²) >= 11 is 0. The molecule has 0 bridgehead atoms. The summed E-state index contributed by atoms with van der Waals surface area (Å²) in [7, 11) is 1.48. The Kier molecular flexibility index (Phi) is 10.6. The number of nitrogens with one attached hydrogen (secondary N) is 2. The Balaban J connectivity index is 2.33. The molecular formula is C20H38N2O4. The summed E-state index contributed by atoms with van der Waals surface area (Å²) in [5, 5.41) is 6.33. The van der Waals surface area contributed by atoms with E-state index in [1.807, 2.05) is 20.8 Å². The van der Waals surface area contributed by atoms with Crippen LogP contribution in [0.2, 0.25) is 0 Å². The molecule has 0 aromatic heterocycles. The molecule has 2 unspecified atom stereocenters. The maximum atomic E-state index is 11.9. The minimum absolute atomic E-state index is 0.0487. The summed E-state index contributed by atoms with van der Waals surface area (Å²) in [5.41, 5.74) is -0.470. The third-order valence-corrected chi connectivity index (χ3v) is 4.72. The van der Waals surface area contributed by atoms with Gasteiger partial charge in [-0.3, -0.25) is 4.79 Å². The summed E-state index contributed by atoms with van der Waals surface area (Å²) in [6, 6.07) is 0.437. The van der Waals surface area contributed by atoms with Crippen molar-refractivity contribution in [1.29, 1.82) is 0 Å². The third-order valence-electron chi connectivity index (χ3n) is 4.72. The average Bonchev–Trinajstić information content (AvgIpc) is 2.61. The Hall–Kier alpha value is -1.30. The molecular weight excluding hydrogens is 332 g/mol. The predicted molar refractivity (Wildman–Crippen MR) is 103 cm³/mol. The Bertz CT molecular complexity index is 421. The van der Waals surface area contributed by atoms with Crippen molar-refractivity contribution in [2.45, 2.75) is 90.2 Å². The molecule has 6 nitrogen and oxygen atoms in total.